The maximum Gasteiger partial charge on any atom is 0.257 e. The lowest BCUT2D eigenvalue weighted by Crippen LogP contribution is -2.37. The van der Waals surface area contributed by atoms with Gasteiger partial charge in [0.15, 0.2) is 10.9 Å². The molecule has 0 fully saturated rings. The average molecular weight is 397 g/mol. The molecule has 146 valence electrons. The van der Waals surface area contributed by atoms with Crippen LogP contribution >= 0.6 is 11.8 Å². The minimum absolute atomic E-state index is 0.0891. The standard InChI is InChI=1S/C21H24N4O2S/c1-11(2)28-20-24-18-17(19(27)25-20)15(12-5-7-22-8-6-12)16-13(23-18)9-21(3,4)10-14(16)26/h5-8,11,15H,9-10H2,1-4H3,(H2,23,24,25,27). The maximum atomic E-state index is 13.1. The van der Waals surface area contributed by atoms with Crippen LogP contribution in [0.4, 0.5) is 5.82 Å². The van der Waals surface area contributed by atoms with Crippen LogP contribution in [0.5, 0.6) is 0 Å². The Kier molecular flexibility index (Phi) is 4.65. The second-order valence-corrected chi connectivity index (χ2v) is 10.0. The van der Waals surface area contributed by atoms with E-state index in [9.17, 15) is 9.59 Å². The van der Waals surface area contributed by atoms with Crippen molar-refractivity contribution in [3.8, 4) is 0 Å². The van der Waals surface area contributed by atoms with Gasteiger partial charge in [-0.15, -0.1) is 0 Å². The highest BCUT2D eigenvalue weighted by Gasteiger charge is 2.42. The molecule has 0 aromatic carbocycles. The van der Waals surface area contributed by atoms with E-state index in [1.807, 2.05) is 12.1 Å². The predicted octanol–water partition coefficient (Wildman–Crippen LogP) is 3.87. The minimum atomic E-state index is -0.424. The van der Waals surface area contributed by atoms with Gasteiger partial charge in [-0.2, -0.15) is 0 Å². The molecule has 0 saturated carbocycles. The summed E-state index contributed by atoms with van der Waals surface area (Å²) in [4.78, 5) is 37.9. The molecule has 0 saturated heterocycles. The molecule has 7 heteroatoms. The molecule has 1 unspecified atom stereocenters. The van der Waals surface area contributed by atoms with Crippen molar-refractivity contribution in [3.63, 3.8) is 0 Å². The van der Waals surface area contributed by atoms with Crippen LogP contribution in [0.2, 0.25) is 0 Å². The molecule has 2 aromatic heterocycles. The fraction of sp³-hybridized carbons (Fsp3) is 0.429. The molecule has 1 atom stereocenters. The molecule has 6 nitrogen and oxygen atoms in total. The van der Waals surface area contributed by atoms with Crippen molar-refractivity contribution in [2.75, 3.05) is 5.32 Å². The number of fused-ring (bicyclic) bond motifs is 1. The highest BCUT2D eigenvalue weighted by molar-refractivity contribution is 7.99. The Bertz CT molecular complexity index is 1020. The van der Waals surface area contributed by atoms with Gasteiger partial charge in [0.1, 0.15) is 5.82 Å². The third-order valence-corrected chi connectivity index (χ3v) is 5.97. The summed E-state index contributed by atoms with van der Waals surface area (Å²) in [6.45, 7) is 8.30. The van der Waals surface area contributed by atoms with Crippen LogP contribution in [-0.2, 0) is 4.79 Å². The zero-order chi connectivity index (χ0) is 20.1. The van der Waals surface area contributed by atoms with Gasteiger partial charge in [-0.1, -0.05) is 39.5 Å². The molecule has 1 aliphatic heterocycles. The van der Waals surface area contributed by atoms with E-state index in [4.69, 9.17) is 0 Å². The first kappa shape index (κ1) is 18.9. The molecule has 0 amide bonds. The quantitative estimate of drug-likeness (QED) is 0.605. The van der Waals surface area contributed by atoms with Gasteiger partial charge in [0, 0.05) is 41.3 Å². The monoisotopic (exact) mass is 396 g/mol. The molecule has 0 spiro atoms. The van der Waals surface area contributed by atoms with E-state index >= 15 is 0 Å². The summed E-state index contributed by atoms with van der Waals surface area (Å²) in [5.41, 5.74) is 2.64. The average Bonchev–Trinajstić information content (AvgIpc) is 2.59. The van der Waals surface area contributed by atoms with Gasteiger partial charge in [0.25, 0.3) is 5.56 Å². The Morgan fingerprint density at radius 2 is 1.89 bits per heavy atom. The first-order chi connectivity index (χ1) is 13.2. The Labute approximate surface area is 168 Å². The lowest BCUT2D eigenvalue weighted by Gasteiger charge is -2.38. The number of allylic oxidation sites excluding steroid dienone is 2. The van der Waals surface area contributed by atoms with Gasteiger partial charge in [0.05, 0.1) is 5.56 Å². The smallest absolute Gasteiger partial charge is 0.257 e. The molecule has 2 aliphatic rings. The number of aromatic amines is 1. The number of carbonyl (C=O) groups excluding carboxylic acids is 1. The third kappa shape index (κ3) is 3.39. The van der Waals surface area contributed by atoms with Crippen LogP contribution < -0.4 is 10.9 Å². The van der Waals surface area contributed by atoms with Crippen molar-refractivity contribution < 1.29 is 4.79 Å². The number of aromatic nitrogens is 3. The normalized spacial score (nSPS) is 20.6. The first-order valence-corrected chi connectivity index (χ1v) is 10.4. The molecule has 2 N–H and O–H groups in total. The number of ketones is 1. The fourth-order valence-corrected chi connectivity index (χ4v) is 4.80. The number of thioether (sulfide) groups is 1. The van der Waals surface area contributed by atoms with E-state index in [-0.39, 0.29) is 16.8 Å². The summed E-state index contributed by atoms with van der Waals surface area (Å²) < 4.78 is 0. The summed E-state index contributed by atoms with van der Waals surface area (Å²) in [6.07, 6.45) is 4.60. The molecule has 28 heavy (non-hydrogen) atoms. The number of rotatable bonds is 3. The molecule has 0 bridgehead atoms. The molecule has 3 heterocycles. The van der Waals surface area contributed by atoms with Crippen LogP contribution in [0.25, 0.3) is 0 Å². The van der Waals surface area contributed by atoms with Crippen molar-refractivity contribution in [2.24, 2.45) is 5.41 Å². The molecule has 2 aromatic rings. The van der Waals surface area contributed by atoms with E-state index in [2.05, 4.69) is 48.0 Å². The topological polar surface area (TPSA) is 87.7 Å². The van der Waals surface area contributed by atoms with Crippen LogP contribution in [0.3, 0.4) is 0 Å². The fourth-order valence-electron chi connectivity index (χ4n) is 4.06. The van der Waals surface area contributed by atoms with E-state index in [0.717, 1.165) is 17.7 Å². The zero-order valence-corrected chi connectivity index (χ0v) is 17.3. The van der Waals surface area contributed by atoms with Crippen molar-refractivity contribution in [2.45, 2.75) is 56.9 Å². The number of nitrogens with zero attached hydrogens (tertiary/aromatic N) is 2. The summed E-state index contributed by atoms with van der Waals surface area (Å²) in [5, 5.41) is 4.22. The van der Waals surface area contributed by atoms with Crippen molar-refractivity contribution in [1.82, 2.24) is 15.0 Å². The van der Waals surface area contributed by atoms with Crippen molar-refractivity contribution >= 4 is 23.4 Å². The molecule has 1 aliphatic carbocycles. The molecule has 0 radical (unpaired) electrons. The largest absolute Gasteiger partial charge is 0.343 e. The second kappa shape index (κ2) is 6.88. The van der Waals surface area contributed by atoms with Gasteiger partial charge in [0.2, 0.25) is 0 Å². The number of pyridine rings is 1. The number of hydrogen-bond donors (Lipinski definition) is 2. The van der Waals surface area contributed by atoms with Gasteiger partial charge in [-0.3, -0.25) is 14.6 Å². The van der Waals surface area contributed by atoms with Crippen LogP contribution in [0.15, 0.2) is 45.7 Å². The van der Waals surface area contributed by atoms with E-state index < -0.39 is 5.92 Å². The van der Waals surface area contributed by atoms with Crippen LogP contribution in [0.1, 0.15) is 57.6 Å². The van der Waals surface area contributed by atoms with E-state index in [1.165, 1.54) is 11.8 Å². The highest BCUT2D eigenvalue weighted by Crippen LogP contribution is 2.47. The number of carbonyl (C=O) groups is 1. The van der Waals surface area contributed by atoms with E-state index in [0.29, 0.717) is 33.8 Å². The Morgan fingerprint density at radius 1 is 1.18 bits per heavy atom. The first-order valence-electron chi connectivity index (χ1n) is 9.49. The summed E-state index contributed by atoms with van der Waals surface area (Å²) in [5.74, 6) is 0.219. The predicted molar refractivity (Wildman–Crippen MR) is 111 cm³/mol. The lowest BCUT2D eigenvalue weighted by molar-refractivity contribution is -0.118. The van der Waals surface area contributed by atoms with Crippen LogP contribution in [-0.4, -0.2) is 26.0 Å². The minimum Gasteiger partial charge on any atom is -0.343 e. The number of Topliss-reactive ketones (excluding diaryl/α,β-unsaturated/α-hetero) is 1. The van der Waals surface area contributed by atoms with Gasteiger partial charge >= 0.3 is 0 Å². The van der Waals surface area contributed by atoms with Crippen molar-refractivity contribution in [3.05, 3.63) is 57.3 Å². The summed E-state index contributed by atoms with van der Waals surface area (Å²) in [6, 6.07) is 3.74. The number of nitrogens with one attached hydrogen (secondary N) is 2. The van der Waals surface area contributed by atoms with Crippen molar-refractivity contribution in [1.29, 1.82) is 0 Å². The third-order valence-electron chi connectivity index (χ3n) is 5.09. The SMILES string of the molecule is CC(C)Sc1nc2c(c(=O)[nH]1)C(c1ccncc1)C1=C(CC(C)(C)CC1=O)N2. The highest BCUT2D eigenvalue weighted by atomic mass is 32.2. The summed E-state index contributed by atoms with van der Waals surface area (Å²) >= 11 is 1.51. The molecular formula is C21H24N4O2S. The van der Waals surface area contributed by atoms with Gasteiger partial charge < -0.3 is 10.3 Å². The van der Waals surface area contributed by atoms with E-state index in [1.54, 1.807) is 12.4 Å². The van der Waals surface area contributed by atoms with Crippen LogP contribution in [0, 0.1) is 5.41 Å². The number of anilines is 1. The van der Waals surface area contributed by atoms with Gasteiger partial charge in [-0.05, 0) is 29.5 Å². The number of H-pyrrole nitrogens is 1. The van der Waals surface area contributed by atoms with Gasteiger partial charge in [-0.25, -0.2) is 4.98 Å². The second-order valence-electron chi connectivity index (χ2n) is 8.47. The Balaban J connectivity index is 1.93. The Morgan fingerprint density at radius 3 is 2.57 bits per heavy atom. The zero-order valence-electron chi connectivity index (χ0n) is 16.5. The maximum absolute atomic E-state index is 13.1. The number of hydrogen-bond acceptors (Lipinski definition) is 6. The molecular weight excluding hydrogens is 372 g/mol. The lowest BCUT2D eigenvalue weighted by atomic mass is 9.69. The summed E-state index contributed by atoms with van der Waals surface area (Å²) in [7, 11) is 0. The Hall–Kier alpha value is -2.41. The molecule has 4 rings (SSSR count).